The Hall–Kier alpha value is -2.10. The second kappa shape index (κ2) is 10.2. The third kappa shape index (κ3) is 4.94. The Kier molecular flexibility index (Phi) is 7.37. The van der Waals surface area contributed by atoms with Crippen LogP contribution in [0.25, 0.3) is 6.08 Å². The molecule has 174 valence electrons. The number of piperidine rings is 1. The molecule has 6 nitrogen and oxygen atoms in total. The van der Waals surface area contributed by atoms with Crippen LogP contribution in [-0.2, 0) is 9.53 Å². The van der Waals surface area contributed by atoms with Gasteiger partial charge in [0.2, 0.25) is 0 Å². The van der Waals surface area contributed by atoms with Gasteiger partial charge in [-0.25, -0.2) is 0 Å². The van der Waals surface area contributed by atoms with Gasteiger partial charge in [-0.15, -0.1) is 0 Å². The van der Waals surface area contributed by atoms with Crippen molar-refractivity contribution in [3.8, 4) is 6.07 Å². The van der Waals surface area contributed by atoms with E-state index in [4.69, 9.17) is 4.74 Å². The molecular weight excluding hydrogens is 400 g/mol. The Morgan fingerprint density at radius 2 is 1.81 bits per heavy atom. The lowest BCUT2D eigenvalue weighted by atomic mass is 9.95. The van der Waals surface area contributed by atoms with Crippen molar-refractivity contribution >= 4 is 12.0 Å². The first-order valence-corrected chi connectivity index (χ1v) is 12.4. The lowest BCUT2D eigenvalue weighted by Crippen LogP contribution is -2.51. The van der Waals surface area contributed by atoms with Crippen LogP contribution in [0.15, 0.2) is 11.6 Å². The first-order valence-electron chi connectivity index (χ1n) is 12.4. The van der Waals surface area contributed by atoms with Gasteiger partial charge in [-0.05, 0) is 64.2 Å². The molecule has 6 heteroatoms. The summed E-state index contributed by atoms with van der Waals surface area (Å²) in [5.41, 5.74) is 3.67. The quantitative estimate of drug-likeness (QED) is 0.521. The molecule has 2 saturated heterocycles. The highest BCUT2D eigenvalue weighted by Crippen LogP contribution is 2.33. The van der Waals surface area contributed by atoms with Crippen molar-refractivity contribution < 1.29 is 9.53 Å². The van der Waals surface area contributed by atoms with Crippen LogP contribution in [0.2, 0.25) is 0 Å². The minimum atomic E-state index is -0.122. The summed E-state index contributed by atoms with van der Waals surface area (Å²) in [5, 5.41) is 9.79. The summed E-state index contributed by atoms with van der Waals surface area (Å²) in [5.74, 6) is -0.122. The highest BCUT2D eigenvalue weighted by molar-refractivity contribution is 6.01. The average Bonchev–Trinajstić information content (AvgIpc) is 3.10. The monoisotopic (exact) mass is 438 g/mol. The van der Waals surface area contributed by atoms with Crippen LogP contribution in [-0.4, -0.2) is 65.2 Å². The predicted molar refractivity (Wildman–Crippen MR) is 126 cm³/mol. The van der Waals surface area contributed by atoms with Gasteiger partial charge in [0, 0.05) is 49.7 Å². The summed E-state index contributed by atoms with van der Waals surface area (Å²) in [4.78, 5) is 17.5. The topological polar surface area (TPSA) is 61.5 Å². The van der Waals surface area contributed by atoms with Crippen molar-refractivity contribution in [3.05, 3.63) is 28.6 Å². The van der Waals surface area contributed by atoms with Gasteiger partial charge < -0.3 is 14.2 Å². The van der Waals surface area contributed by atoms with Crippen molar-refractivity contribution in [2.45, 2.75) is 83.9 Å². The zero-order valence-electron chi connectivity index (χ0n) is 20.0. The van der Waals surface area contributed by atoms with Gasteiger partial charge in [-0.1, -0.05) is 19.3 Å². The van der Waals surface area contributed by atoms with Crippen LogP contribution >= 0.6 is 0 Å². The number of aromatic nitrogens is 1. The summed E-state index contributed by atoms with van der Waals surface area (Å²) < 4.78 is 8.10. The highest BCUT2D eigenvalue weighted by atomic mass is 16.5. The number of nitriles is 1. The highest BCUT2D eigenvalue weighted by Gasteiger charge is 2.30. The van der Waals surface area contributed by atoms with Gasteiger partial charge in [-0.3, -0.25) is 9.69 Å². The molecule has 3 heterocycles. The number of aryl methyl sites for hydroxylation is 1. The number of carbonyl (C=O) groups excluding carboxylic acids is 1. The maximum absolute atomic E-state index is 13.2. The molecule has 0 spiro atoms. The molecule has 1 saturated carbocycles. The molecule has 32 heavy (non-hydrogen) atoms. The van der Waals surface area contributed by atoms with E-state index in [-0.39, 0.29) is 17.6 Å². The summed E-state index contributed by atoms with van der Waals surface area (Å²) >= 11 is 0. The van der Waals surface area contributed by atoms with Crippen molar-refractivity contribution in [2.75, 3.05) is 32.8 Å². The molecular formula is C26H38N4O2. The first-order chi connectivity index (χ1) is 15.5. The third-order valence-corrected chi connectivity index (χ3v) is 7.65. The van der Waals surface area contributed by atoms with Crippen LogP contribution in [0.3, 0.4) is 0 Å². The molecule has 1 unspecified atom stereocenters. The lowest BCUT2D eigenvalue weighted by molar-refractivity contribution is -0.128. The maximum Gasteiger partial charge on any atom is 0.264 e. The van der Waals surface area contributed by atoms with E-state index in [9.17, 15) is 10.1 Å². The van der Waals surface area contributed by atoms with Crippen molar-refractivity contribution in [1.29, 1.82) is 5.26 Å². The minimum absolute atomic E-state index is 0.122. The zero-order chi connectivity index (χ0) is 22.7. The molecule has 0 N–H and O–H groups in total. The molecule has 1 aromatic heterocycles. The Balaban J connectivity index is 1.43. The molecule has 0 aromatic carbocycles. The van der Waals surface area contributed by atoms with Crippen LogP contribution in [0.5, 0.6) is 0 Å². The van der Waals surface area contributed by atoms with E-state index in [0.29, 0.717) is 12.1 Å². The molecule has 0 bridgehead atoms. The number of nitrogens with zero attached hydrogens (tertiary/aromatic N) is 4. The fourth-order valence-electron chi connectivity index (χ4n) is 5.93. The fraction of sp³-hybridized carbons (Fsp3) is 0.692. The zero-order valence-corrected chi connectivity index (χ0v) is 20.0. The van der Waals surface area contributed by atoms with Gasteiger partial charge in [0.25, 0.3) is 5.91 Å². The van der Waals surface area contributed by atoms with E-state index in [1.165, 1.54) is 43.5 Å². The summed E-state index contributed by atoms with van der Waals surface area (Å²) in [6.45, 7) is 10.6. The second-order valence-electron chi connectivity index (χ2n) is 9.86. The molecule has 1 aliphatic carbocycles. The molecule has 4 rings (SSSR count). The molecule has 3 aliphatic rings. The third-order valence-electron chi connectivity index (χ3n) is 7.65. The van der Waals surface area contributed by atoms with Crippen LogP contribution in [0, 0.1) is 25.2 Å². The molecule has 3 fully saturated rings. The van der Waals surface area contributed by atoms with Crippen molar-refractivity contribution in [2.24, 2.45) is 0 Å². The van der Waals surface area contributed by atoms with E-state index in [1.807, 2.05) is 11.0 Å². The number of hydrogen-bond acceptors (Lipinski definition) is 4. The number of hydrogen-bond donors (Lipinski definition) is 0. The average molecular weight is 439 g/mol. The van der Waals surface area contributed by atoms with Crippen LogP contribution in [0.4, 0.5) is 0 Å². The van der Waals surface area contributed by atoms with Crippen molar-refractivity contribution in [1.82, 2.24) is 14.4 Å². The largest absolute Gasteiger partial charge is 0.376 e. The van der Waals surface area contributed by atoms with E-state index in [1.54, 1.807) is 0 Å². The van der Waals surface area contributed by atoms with Crippen molar-refractivity contribution in [3.63, 3.8) is 0 Å². The molecule has 1 aromatic rings. The first kappa shape index (κ1) is 23.1. The summed E-state index contributed by atoms with van der Waals surface area (Å²) in [6.07, 6.45) is 10.4. The standard InChI is InChI=1S/C26H38N4O2/c1-19-15-22(21(3)30(19)25-7-5-4-6-8-25)16-23(17-27)26(31)28-11-9-24(10-12-28)29-13-14-32-20(2)18-29/h15-16,20,24-25H,4-14,18H2,1-3H3/b23-16+. The molecule has 0 radical (unpaired) electrons. The maximum atomic E-state index is 13.2. The van der Waals surface area contributed by atoms with Gasteiger partial charge in [0.1, 0.15) is 11.6 Å². The minimum Gasteiger partial charge on any atom is -0.376 e. The summed E-state index contributed by atoms with van der Waals surface area (Å²) in [7, 11) is 0. The Labute approximate surface area is 192 Å². The van der Waals surface area contributed by atoms with E-state index in [2.05, 4.69) is 42.4 Å². The Morgan fingerprint density at radius 1 is 1.09 bits per heavy atom. The van der Waals surface area contributed by atoms with E-state index < -0.39 is 0 Å². The number of ether oxygens (including phenoxy) is 1. The Morgan fingerprint density at radius 3 is 2.47 bits per heavy atom. The van der Waals surface area contributed by atoms with Gasteiger partial charge in [-0.2, -0.15) is 5.26 Å². The fourth-order valence-corrected chi connectivity index (χ4v) is 5.93. The lowest BCUT2D eigenvalue weighted by Gasteiger charge is -2.41. The number of likely N-dealkylation sites (tertiary alicyclic amines) is 1. The van der Waals surface area contributed by atoms with E-state index in [0.717, 1.165) is 51.2 Å². The molecule has 1 amide bonds. The normalized spacial score (nSPS) is 24.5. The van der Waals surface area contributed by atoms with Gasteiger partial charge >= 0.3 is 0 Å². The molecule has 1 atom stereocenters. The summed E-state index contributed by atoms with van der Waals surface area (Å²) in [6, 6.07) is 5.40. The number of carbonyl (C=O) groups is 1. The predicted octanol–water partition coefficient (Wildman–Crippen LogP) is 4.23. The van der Waals surface area contributed by atoms with Gasteiger partial charge in [0.05, 0.1) is 12.7 Å². The van der Waals surface area contributed by atoms with E-state index >= 15 is 0 Å². The number of amides is 1. The van der Waals surface area contributed by atoms with Crippen LogP contribution in [0.1, 0.15) is 74.9 Å². The number of morpholine rings is 1. The SMILES string of the molecule is Cc1cc(/C=C(\C#N)C(=O)N2CCC(N3CCOC(C)C3)CC2)c(C)n1C1CCCCC1. The van der Waals surface area contributed by atoms with Gasteiger partial charge in [0.15, 0.2) is 0 Å². The van der Waals surface area contributed by atoms with Crippen LogP contribution < -0.4 is 0 Å². The number of rotatable bonds is 4. The smallest absolute Gasteiger partial charge is 0.264 e. The second-order valence-corrected chi connectivity index (χ2v) is 9.86. The molecule has 2 aliphatic heterocycles. The Bertz CT molecular complexity index is 882.